The molecule has 1 amide bonds. The summed E-state index contributed by atoms with van der Waals surface area (Å²) in [6.45, 7) is 4.31. The molecule has 0 bridgehead atoms. The molecule has 1 aliphatic rings. The fraction of sp³-hybridized carbons (Fsp3) is 0.364. The van der Waals surface area contributed by atoms with E-state index >= 15 is 0 Å². The van der Waals surface area contributed by atoms with Gasteiger partial charge in [0.05, 0.1) is 0 Å². The lowest BCUT2D eigenvalue weighted by molar-refractivity contribution is -0.128. The maximum Gasteiger partial charge on any atom is 0.222 e. The van der Waals surface area contributed by atoms with Crippen molar-refractivity contribution >= 4 is 11.9 Å². The molecule has 2 N–H and O–H groups in total. The first-order valence-corrected chi connectivity index (χ1v) is 9.61. The van der Waals surface area contributed by atoms with Crippen LogP contribution >= 0.6 is 0 Å². The molecule has 0 aromatic heterocycles. The van der Waals surface area contributed by atoms with Gasteiger partial charge in [-0.15, -0.1) is 0 Å². The Hall–Kier alpha value is -2.89. The van der Waals surface area contributed by atoms with E-state index in [-0.39, 0.29) is 11.7 Å². The van der Waals surface area contributed by atoms with Crippen LogP contribution in [0.2, 0.25) is 0 Å². The number of benzene rings is 2. The summed E-state index contributed by atoms with van der Waals surface area (Å²) in [7, 11) is 1.71. The minimum atomic E-state index is -0.201. The van der Waals surface area contributed by atoms with Gasteiger partial charge < -0.3 is 15.5 Å². The number of hydrogen-bond acceptors (Lipinski definition) is 2. The van der Waals surface area contributed by atoms with E-state index in [0.717, 1.165) is 29.7 Å². The Labute approximate surface area is 165 Å². The maximum atomic E-state index is 13.7. The average molecular weight is 382 g/mol. The predicted molar refractivity (Wildman–Crippen MR) is 109 cm³/mol. The fourth-order valence-corrected chi connectivity index (χ4v) is 3.29. The summed E-state index contributed by atoms with van der Waals surface area (Å²) in [5.41, 5.74) is 3.77. The molecule has 6 heteroatoms. The van der Waals surface area contributed by atoms with Crippen molar-refractivity contribution < 1.29 is 9.18 Å². The number of halogens is 1. The Morgan fingerprint density at radius 1 is 1.14 bits per heavy atom. The topological polar surface area (TPSA) is 56.7 Å². The van der Waals surface area contributed by atoms with Crippen LogP contribution < -0.4 is 10.6 Å². The largest absolute Gasteiger partial charge is 0.352 e. The number of rotatable bonds is 6. The molecule has 0 spiro atoms. The summed E-state index contributed by atoms with van der Waals surface area (Å²) in [6, 6.07) is 13.3. The molecule has 0 atom stereocenters. The van der Waals surface area contributed by atoms with E-state index in [4.69, 9.17) is 0 Å². The summed E-state index contributed by atoms with van der Waals surface area (Å²) < 4.78 is 13.7. The predicted octanol–water partition coefficient (Wildman–Crippen LogP) is 3.12. The van der Waals surface area contributed by atoms with Crippen LogP contribution in [0.25, 0.3) is 0 Å². The van der Waals surface area contributed by atoms with Crippen molar-refractivity contribution in [2.75, 3.05) is 13.6 Å². The van der Waals surface area contributed by atoms with E-state index in [1.165, 1.54) is 6.07 Å². The number of nitrogens with zero attached hydrogens (tertiary/aromatic N) is 2. The van der Waals surface area contributed by atoms with Gasteiger partial charge >= 0.3 is 0 Å². The molecule has 1 fully saturated rings. The van der Waals surface area contributed by atoms with Crippen molar-refractivity contribution in [3.63, 3.8) is 0 Å². The maximum absolute atomic E-state index is 13.7. The molecule has 0 saturated carbocycles. The summed E-state index contributed by atoms with van der Waals surface area (Å²) >= 11 is 0. The molecule has 0 aliphatic carbocycles. The van der Waals surface area contributed by atoms with Crippen LogP contribution in [-0.4, -0.2) is 30.4 Å². The molecule has 0 unspecified atom stereocenters. The van der Waals surface area contributed by atoms with Crippen LogP contribution in [0.1, 0.15) is 35.1 Å². The molecular formula is C22H27FN4O. The van der Waals surface area contributed by atoms with E-state index in [9.17, 15) is 9.18 Å². The Bertz CT molecular complexity index is 865. The monoisotopic (exact) mass is 382 g/mol. The van der Waals surface area contributed by atoms with E-state index in [1.54, 1.807) is 20.0 Å². The number of nitrogens with one attached hydrogen (secondary N) is 2. The minimum absolute atomic E-state index is 0.201. The first-order chi connectivity index (χ1) is 13.6. The number of carbonyl (C=O) groups excluding carboxylic acids is 1. The zero-order valence-corrected chi connectivity index (χ0v) is 16.5. The first kappa shape index (κ1) is 19.9. The third-order valence-corrected chi connectivity index (χ3v) is 5.02. The number of carbonyl (C=O) groups is 1. The van der Waals surface area contributed by atoms with Crippen molar-refractivity contribution in [1.82, 2.24) is 15.5 Å². The summed E-state index contributed by atoms with van der Waals surface area (Å²) in [6.07, 6.45) is 1.59. The molecule has 1 heterocycles. The smallest absolute Gasteiger partial charge is 0.222 e. The molecule has 2 aromatic carbocycles. The van der Waals surface area contributed by atoms with Gasteiger partial charge in [0, 0.05) is 39.6 Å². The van der Waals surface area contributed by atoms with Gasteiger partial charge in [0.1, 0.15) is 5.82 Å². The van der Waals surface area contributed by atoms with Crippen LogP contribution in [0.3, 0.4) is 0 Å². The molecule has 0 radical (unpaired) electrons. The Kier molecular flexibility index (Phi) is 6.63. The number of aryl methyl sites for hydroxylation is 1. The number of amides is 1. The second kappa shape index (κ2) is 9.35. The quantitative estimate of drug-likeness (QED) is 0.596. The molecule has 1 saturated heterocycles. The summed E-state index contributed by atoms with van der Waals surface area (Å²) in [4.78, 5) is 18.1. The first-order valence-electron chi connectivity index (χ1n) is 9.61. The molecular weight excluding hydrogens is 355 g/mol. The molecule has 1 aliphatic heterocycles. The van der Waals surface area contributed by atoms with Gasteiger partial charge in [-0.05, 0) is 41.7 Å². The number of hydrogen-bond donors (Lipinski definition) is 2. The van der Waals surface area contributed by atoms with Gasteiger partial charge in [0.15, 0.2) is 5.96 Å². The second-order valence-corrected chi connectivity index (χ2v) is 7.05. The van der Waals surface area contributed by atoms with E-state index in [0.29, 0.717) is 37.6 Å². The van der Waals surface area contributed by atoms with Crippen molar-refractivity contribution in [2.24, 2.45) is 4.99 Å². The van der Waals surface area contributed by atoms with Gasteiger partial charge in [0.2, 0.25) is 5.91 Å². The number of likely N-dealkylation sites (tertiary alicyclic amines) is 1. The van der Waals surface area contributed by atoms with Gasteiger partial charge in [-0.2, -0.15) is 0 Å². The van der Waals surface area contributed by atoms with Crippen LogP contribution in [0.5, 0.6) is 0 Å². The van der Waals surface area contributed by atoms with Gasteiger partial charge in [-0.1, -0.05) is 36.4 Å². The van der Waals surface area contributed by atoms with Gasteiger partial charge in [-0.25, -0.2) is 4.39 Å². The normalized spacial score (nSPS) is 14.5. The zero-order chi connectivity index (χ0) is 19.9. The van der Waals surface area contributed by atoms with Crippen LogP contribution in [-0.2, 0) is 24.4 Å². The number of aliphatic imine (C=N–C) groups is 1. The van der Waals surface area contributed by atoms with E-state index < -0.39 is 0 Å². The number of guanidine groups is 1. The highest BCUT2D eigenvalue weighted by atomic mass is 19.1. The van der Waals surface area contributed by atoms with Gasteiger partial charge in [-0.3, -0.25) is 9.79 Å². The third-order valence-electron chi connectivity index (χ3n) is 5.02. The average Bonchev–Trinajstić information content (AvgIpc) is 3.10. The van der Waals surface area contributed by atoms with E-state index in [2.05, 4.69) is 27.8 Å². The molecule has 5 nitrogen and oxygen atoms in total. The highest BCUT2D eigenvalue weighted by Crippen LogP contribution is 2.17. The van der Waals surface area contributed by atoms with E-state index in [1.807, 2.05) is 23.1 Å². The van der Waals surface area contributed by atoms with Crippen molar-refractivity contribution in [3.8, 4) is 0 Å². The fourth-order valence-electron chi connectivity index (χ4n) is 3.29. The highest BCUT2D eigenvalue weighted by molar-refractivity contribution is 5.79. The van der Waals surface area contributed by atoms with Crippen LogP contribution in [0.4, 0.5) is 4.39 Å². The Morgan fingerprint density at radius 3 is 2.57 bits per heavy atom. The molecule has 2 aromatic rings. The van der Waals surface area contributed by atoms with Crippen molar-refractivity contribution in [2.45, 2.75) is 39.4 Å². The standard InChI is InChI=1S/C22H27FN4O/c1-16-9-10-17(12-20(16)23)13-25-22(24-2)26-14-18-6-3-4-7-19(18)15-27-11-5-8-21(27)28/h3-4,6-7,9-10,12H,5,8,11,13-15H2,1-2H3,(H2,24,25,26). The minimum Gasteiger partial charge on any atom is -0.352 e. The van der Waals surface area contributed by atoms with Crippen LogP contribution in [0, 0.1) is 12.7 Å². The molecule has 148 valence electrons. The van der Waals surface area contributed by atoms with Crippen LogP contribution in [0.15, 0.2) is 47.5 Å². The molecule has 3 rings (SSSR count). The third kappa shape index (κ3) is 5.09. The van der Waals surface area contributed by atoms with Gasteiger partial charge in [0.25, 0.3) is 0 Å². The lowest BCUT2D eigenvalue weighted by Gasteiger charge is -2.19. The lowest BCUT2D eigenvalue weighted by Crippen LogP contribution is -2.36. The SMILES string of the molecule is CN=C(NCc1ccc(C)c(F)c1)NCc1ccccc1CN1CCCC1=O. The molecule has 28 heavy (non-hydrogen) atoms. The highest BCUT2D eigenvalue weighted by Gasteiger charge is 2.20. The lowest BCUT2D eigenvalue weighted by atomic mass is 10.1. The second-order valence-electron chi connectivity index (χ2n) is 7.05. The summed E-state index contributed by atoms with van der Waals surface area (Å²) in [5, 5.41) is 6.51. The van der Waals surface area contributed by atoms with Crippen molar-refractivity contribution in [3.05, 3.63) is 70.5 Å². The van der Waals surface area contributed by atoms with Crippen molar-refractivity contribution in [1.29, 1.82) is 0 Å². The Morgan fingerprint density at radius 2 is 1.89 bits per heavy atom. The summed E-state index contributed by atoms with van der Waals surface area (Å²) in [5.74, 6) is 0.672. The zero-order valence-electron chi connectivity index (χ0n) is 16.5. The Balaban J connectivity index is 1.57.